The van der Waals surface area contributed by atoms with Gasteiger partial charge in [0.25, 0.3) is 0 Å². The van der Waals surface area contributed by atoms with Crippen molar-refractivity contribution in [1.29, 1.82) is 0 Å². The van der Waals surface area contributed by atoms with Gasteiger partial charge in [-0.15, -0.1) is 0 Å². The lowest BCUT2D eigenvalue weighted by Crippen LogP contribution is -1.99. The van der Waals surface area contributed by atoms with Crippen molar-refractivity contribution in [2.24, 2.45) is 0 Å². The van der Waals surface area contributed by atoms with E-state index in [1.807, 2.05) is 0 Å². The molecule has 0 aromatic heterocycles. The summed E-state index contributed by atoms with van der Waals surface area (Å²) in [4.78, 5) is 10.4. The summed E-state index contributed by atoms with van der Waals surface area (Å²) in [5, 5.41) is 18.1. The van der Waals surface area contributed by atoms with Gasteiger partial charge in [-0.1, -0.05) is 0 Å². The van der Waals surface area contributed by atoms with Crippen LogP contribution >= 0.6 is 0 Å². The fraction of sp³-hybridized carbons (Fsp3) is 0.300. The molecule has 1 heterocycles. The Balaban J connectivity index is 2.28. The van der Waals surface area contributed by atoms with E-state index in [9.17, 15) is 9.90 Å². The van der Waals surface area contributed by atoms with Gasteiger partial charge in [0.1, 0.15) is 5.75 Å². The molecule has 0 spiro atoms. The van der Waals surface area contributed by atoms with Gasteiger partial charge in [-0.25, -0.2) is 0 Å². The summed E-state index contributed by atoms with van der Waals surface area (Å²) in [6.07, 6.45) is 0.182. The molecular formula is C10H10O5. The van der Waals surface area contributed by atoms with Crippen molar-refractivity contribution < 1.29 is 24.5 Å². The van der Waals surface area contributed by atoms with Crippen LogP contribution in [0.5, 0.6) is 17.2 Å². The SMILES string of the molecule is O=C(O)CCc1c(O)ccc2c1OCO2. The lowest BCUT2D eigenvalue weighted by atomic mass is 10.1. The number of carbonyl (C=O) groups is 1. The van der Waals surface area contributed by atoms with Gasteiger partial charge in [0.2, 0.25) is 6.79 Å². The van der Waals surface area contributed by atoms with Crippen molar-refractivity contribution in [3.63, 3.8) is 0 Å². The molecule has 0 saturated carbocycles. The first-order chi connectivity index (χ1) is 7.18. The van der Waals surface area contributed by atoms with Crippen LogP contribution in [0.25, 0.3) is 0 Å². The highest BCUT2D eigenvalue weighted by molar-refractivity contribution is 5.68. The highest BCUT2D eigenvalue weighted by atomic mass is 16.7. The summed E-state index contributed by atoms with van der Waals surface area (Å²) in [5.41, 5.74) is 0.493. The summed E-state index contributed by atoms with van der Waals surface area (Å²) in [5.74, 6) is 0.135. The van der Waals surface area contributed by atoms with Gasteiger partial charge < -0.3 is 19.7 Å². The Kier molecular flexibility index (Phi) is 2.37. The molecule has 2 rings (SSSR count). The van der Waals surface area contributed by atoms with Crippen LogP contribution in [0.3, 0.4) is 0 Å². The molecule has 0 amide bonds. The van der Waals surface area contributed by atoms with E-state index in [0.717, 1.165) is 0 Å². The summed E-state index contributed by atoms with van der Waals surface area (Å²) < 4.78 is 10.3. The molecule has 0 atom stereocenters. The third kappa shape index (κ3) is 1.81. The van der Waals surface area contributed by atoms with Gasteiger partial charge >= 0.3 is 5.97 Å². The Morgan fingerprint density at radius 2 is 2.20 bits per heavy atom. The number of aliphatic carboxylic acids is 1. The van der Waals surface area contributed by atoms with Crippen LogP contribution in [-0.2, 0) is 11.2 Å². The van der Waals surface area contributed by atoms with E-state index < -0.39 is 5.97 Å². The van der Waals surface area contributed by atoms with E-state index in [0.29, 0.717) is 17.1 Å². The molecule has 5 heteroatoms. The largest absolute Gasteiger partial charge is 0.508 e. The molecule has 0 bridgehead atoms. The molecule has 0 unspecified atom stereocenters. The Hall–Kier alpha value is -1.91. The minimum atomic E-state index is -0.911. The number of phenolic OH excluding ortho intramolecular Hbond substituents is 1. The Bertz CT molecular complexity index is 399. The first-order valence-corrected chi connectivity index (χ1v) is 4.50. The van der Waals surface area contributed by atoms with E-state index >= 15 is 0 Å². The lowest BCUT2D eigenvalue weighted by Gasteiger charge is -2.06. The summed E-state index contributed by atoms with van der Waals surface area (Å²) in [6, 6.07) is 3.08. The monoisotopic (exact) mass is 210 g/mol. The highest BCUT2D eigenvalue weighted by Crippen LogP contribution is 2.40. The van der Waals surface area contributed by atoms with Gasteiger partial charge in [-0.3, -0.25) is 4.79 Å². The molecule has 5 nitrogen and oxygen atoms in total. The summed E-state index contributed by atoms with van der Waals surface area (Å²) >= 11 is 0. The number of hydrogen-bond donors (Lipinski definition) is 2. The minimum Gasteiger partial charge on any atom is -0.508 e. The highest BCUT2D eigenvalue weighted by Gasteiger charge is 2.20. The molecule has 1 aromatic rings. The van der Waals surface area contributed by atoms with Gasteiger partial charge in [0.05, 0.1) is 0 Å². The van der Waals surface area contributed by atoms with Crippen molar-refractivity contribution in [2.75, 3.05) is 6.79 Å². The predicted octanol–water partition coefficient (Wildman–Crippen LogP) is 1.14. The standard InChI is InChI=1S/C10H10O5/c11-7-2-3-8-10(15-5-14-8)6(7)1-4-9(12)13/h2-3,11H,1,4-5H2,(H,12,13). The zero-order valence-corrected chi connectivity index (χ0v) is 7.90. The van der Waals surface area contributed by atoms with E-state index in [1.165, 1.54) is 6.07 Å². The van der Waals surface area contributed by atoms with Crippen LogP contribution in [0.15, 0.2) is 12.1 Å². The summed E-state index contributed by atoms with van der Waals surface area (Å²) in [6.45, 7) is 0.110. The van der Waals surface area contributed by atoms with Crippen LogP contribution < -0.4 is 9.47 Å². The maximum Gasteiger partial charge on any atom is 0.303 e. The molecule has 0 saturated heterocycles. The maximum atomic E-state index is 10.4. The number of rotatable bonds is 3. The van der Waals surface area contributed by atoms with Crippen LogP contribution in [0.4, 0.5) is 0 Å². The number of hydrogen-bond acceptors (Lipinski definition) is 4. The molecule has 2 N–H and O–H groups in total. The predicted molar refractivity (Wildman–Crippen MR) is 50.2 cm³/mol. The number of ether oxygens (including phenoxy) is 2. The first kappa shape index (κ1) is 9.64. The molecule has 0 fully saturated rings. The first-order valence-electron chi connectivity index (χ1n) is 4.50. The second kappa shape index (κ2) is 3.68. The molecule has 1 aliphatic rings. The van der Waals surface area contributed by atoms with Crippen LogP contribution in [0, 0.1) is 0 Å². The van der Waals surface area contributed by atoms with Crippen LogP contribution in [0.2, 0.25) is 0 Å². The molecule has 15 heavy (non-hydrogen) atoms. The minimum absolute atomic E-state index is 0.0421. The van der Waals surface area contributed by atoms with Crippen molar-refractivity contribution in [1.82, 2.24) is 0 Å². The summed E-state index contributed by atoms with van der Waals surface area (Å²) in [7, 11) is 0. The van der Waals surface area contributed by atoms with Crippen molar-refractivity contribution in [2.45, 2.75) is 12.8 Å². The number of carboxylic acid groups (broad SMARTS) is 1. The average Bonchev–Trinajstić information content (AvgIpc) is 2.63. The fourth-order valence-corrected chi connectivity index (χ4v) is 1.49. The molecule has 80 valence electrons. The zero-order chi connectivity index (χ0) is 10.8. The quantitative estimate of drug-likeness (QED) is 0.782. The molecule has 1 aliphatic heterocycles. The second-order valence-corrected chi connectivity index (χ2v) is 3.19. The van der Waals surface area contributed by atoms with Crippen molar-refractivity contribution in [3.8, 4) is 17.2 Å². The van der Waals surface area contributed by atoms with Crippen LogP contribution in [0.1, 0.15) is 12.0 Å². The molecule has 0 aliphatic carbocycles. The number of benzene rings is 1. The molecule has 1 aromatic carbocycles. The second-order valence-electron chi connectivity index (χ2n) is 3.19. The third-order valence-corrected chi connectivity index (χ3v) is 2.21. The van der Waals surface area contributed by atoms with Gasteiger partial charge in [0.15, 0.2) is 11.5 Å². The third-order valence-electron chi connectivity index (χ3n) is 2.21. The Morgan fingerprint density at radius 1 is 1.40 bits per heavy atom. The van der Waals surface area contributed by atoms with Gasteiger partial charge in [-0.2, -0.15) is 0 Å². The Morgan fingerprint density at radius 3 is 2.93 bits per heavy atom. The molecular weight excluding hydrogens is 200 g/mol. The topological polar surface area (TPSA) is 76.0 Å². The van der Waals surface area contributed by atoms with Crippen molar-refractivity contribution in [3.05, 3.63) is 17.7 Å². The number of phenols is 1. The number of fused-ring (bicyclic) bond motifs is 1. The molecule has 0 radical (unpaired) electrons. The van der Waals surface area contributed by atoms with E-state index in [2.05, 4.69) is 0 Å². The smallest absolute Gasteiger partial charge is 0.303 e. The number of aromatic hydroxyl groups is 1. The average molecular weight is 210 g/mol. The van der Waals surface area contributed by atoms with E-state index in [1.54, 1.807) is 6.07 Å². The van der Waals surface area contributed by atoms with Crippen molar-refractivity contribution >= 4 is 5.97 Å². The fourth-order valence-electron chi connectivity index (χ4n) is 1.49. The van der Waals surface area contributed by atoms with E-state index in [4.69, 9.17) is 14.6 Å². The Labute approximate surface area is 85.9 Å². The zero-order valence-electron chi connectivity index (χ0n) is 7.90. The number of carboxylic acids is 1. The van der Waals surface area contributed by atoms with Gasteiger partial charge in [-0.05, 0) is 18.6 Å². The van der Waals surface area contributed by atoms with Crippen LogP contribution in [-0.4, -0.2) is 23.0 Å². The lowest BCUT2D eigenvalue weighted by molar-refractivity contribution is -0.136. The van der Waals surface area contributed by atoms with Gasteiger partial charge in [0, 0.05) is 12.0 Å². The van der Waals surface area contributed by atoms with E-state index in [-0.39, 0.29) is 25.4 Å². The maximum absolute atomic E-state index is 10.4. The normalized spacial score (nSPS) is 12.8.